The Hall–Kier alpha value is -0.321. The summed E-state index contributed by atoms with van der Waals surface area (Å²) in [6.07, 6.45) is 0. The molecule has 0 atom stereocenters. The molecular formula is H3MnN2O3-. The Bertz CT molecular complexity index is 31.8. The van der Waals surface area contributed by atoms with Gasteiger partial charge in [-0.25, -0.2) is 0 Å². The second-order valence-corrected chi connectivity index (χ2v) is 0.224. The molecule has 3 N–H and O–H groups in total. The van der Waals surface area contributed by atoms with Crippen LogP contribution in [0.1, 0.15) is 0 Å². The summed E-state index contributed by atoms with van der Waals surface area (Å²) in [5.41, 5.74) is 0. The molecule has 5 nitrogen and oxygen atoms in total. The monoisotopic (exact) mass is 134 g/mol. The van der Waals surface area contributed by atoms with Crippen molar-refractivity contribution in [2.45, 2.75) is 0 Å². The summed E-state index contributed by atoms with van der Waals surface area (Å²) in [7, 11) is 0. The first-order chi connectivity index (χ1) is 1.73. The molecule has 0 fully saturated rings. The molecule has 0 bridgehead atoms. The molecule has 0 rings (SSSR count). The SMILES string of the molecule is N.O=[N+]([O-])[O-].[Mn]. The van der Waals surface area contributed by atoms with Gasteiger partial charge in [0.2, 0.25) is 0 Å². The number of hydrogen-bond donors (Lipinski definition) is 1. The Kier molecular flexibility index (Phi) is 25.5. The zero-order valence-electron chi connectivity index (χ0n) is 2.76. The second kappa shape index (κ2) is 8.82. The van der Waals surface area contributed by atoms with Crippen LogP contribution < -0.4 is 6.15 Å². The fraction of sp³-hybridized carbons (Fsp3) is 0. The molecule has 0 unspecified atom stereocenters. The van der Waals surface area contributed by atoms with Crippen molar-refractivity contribution in [1.82, 2.24) is 6.15 Å². The Morgan fingerprint density at radius 1 is 1.33 bits per heavy atom. The van der Waals surface area contributed by atoms with Crippen LogP contribution in [-0.2, 0) is 17.1 Å². The molecule has 0 spiro atoms. The Morgan fingerprint density at radius 3 is 1.33 bits per heavy atom. The van der Waals surface area contributed by atoms with E-state index >= 15 is 0 Å². The molecule has 0 aliphatic rings. The van der Waals surface area contributed by atoms with E-state index in [1.807, 2.05) is 0 Å². The van der Waals surface area contributed by atoms with E-state index in [0.29, 0.717) is 0 Å². The molecule has 0 aliphatic carbocycles. The number of hydrogen-bond acceptors (Lipinski definition) is 4. The smallest absolute Gasteiger partial charge is 0.0689 e. The molecular weight excluding hydrogens is 131 g/mol. The maximum absolute atomic E-state index is 8.25. The molecule has 0 saturated carbocycles. The van der Waals surface area contributed by atoms with Crippen molar-refractivity contribution < 1.29 is 22.2 Å². The fourth-order valence-corrected chi connectivity index (χ4v) is 0. The predicted molar refractivity (Wildman–Crippen MR) is 15.4 cm³/mol. The average Bonchev–Trinajstić information content (AvgIpc) is 0.811. The number of rotatable bonds is 0. The first kappa shape index (κ1) is 17.3. The molecule has 6 heavy (non-hydrogen) atoms. The standard InChI is InChI=1S/Mn.NO3.H3N/c;2-1(3)4;/h;;1H3/q;-1;. The van der Waals surface area contributed by atoms with Crippen molar-refractivity contribution in [1.29, 1.82) is 0 Å². The zero-order chi connectivity index (χ0) is 3.58. The summed E-state index contributed by atoms with van der Waals surface area (Å²) >= 11 is 0. The van der Waals surface area contributed by atoms with E-state index in [4.69, 9.17) is 15.3 Å². The van der Waals surface area contributed by atoms with Crippen LogP contribution >= 0.6 is 0 Å². The summed E-state index contributed by atoms with van der Waals surface area (Å²) in [5.74, 6) is 0. The molecule has 0 heterocycles. The Labute approximate surface area is 44.5 Å². The molecule has 0 aliphatic heterocycles. The van der Waals surface area contributed by atoms with Gasteiger partial charge in [0.25, 0.3) is 0 Å². The van der Waals surface area contributed by atoms with E-state index < -0.39 is 5.09 Å². The quantitative estimate of drug-likeness (QED) is 0.284. The van der Waals surface area contributed by atoms with Gasteiger partial charge in [0, 0.05) is 17.1 Å². The molecule has 0 saturated heterocycles. The third-order valence-electron chi connectivity index (χ3n) is 0. The van der Waals surface area contributed by atoms with Gasteiger partial charge in [-0.1, -0.05) is 0 Å². The van der Waals surface area contributed by atoms with Gasteiger partial charge in [0.05, 0.1) is 5.09 Å². The van der Waals surface area contributed by atoms with E-state index in [1.165, 1.54) is 0 Å². The van der Waals surface area contributed by atoms with Crippen LogP contribution in [0.3, 0.4) is 0 Å². The minimum absolute atomic E-state index is 0. The zero-order valence-corrected chi connectivity index (χ0v) is 3.94. The van der Waals surface area contributed by atoms with Crippen molar-refractivity contribution in [2.75, 3.05) is 0 Å². The molecule has 0 aromatic rings. The third-order valence-corrected chi connectivity index (χ3v) is 0. The van der Waals surface area contributed by atoms with Crippen molar-refractivity contribution in [3.05, 3.63) is 15.3 Å². The normalized spacial score (nSPS) is 4.00. The van der Waals surface area contributed by atoms with Gasteiger partial charge in [-0.15, -0.1) is 0 Å². The molecule has 0 aromatic heterocycles. The largest absolute Gasteiger partial charge is 0.356 e. The van der Waals surface area contributed by atoms with Crippen LogP contribution in [0.15, 0.2) is 0 Å². The minimum Gasteiger partial charge on any atom is -0.356 e. The first-order valence-corrected chi connectivity index (χ1v) is 0.548. The van der Waals surface area contributed by atoms with Crippen LogP contribution in [0.5, 0.6) is 0 Å². The van der Waals surface area contributed by atoms with Crippen LogP contribution in [0.25, 0.3) is 0 Å². The summed E-state index contributed by atoms with van der Waals surface area (Å²) in [5, 5.41) is 14.8. The maximum atomic E-state index is 8.25. The Balaban J connectivity index is -0.0000000450. The van der Waals surface area contributed by atoms with Crippen molar-refractivity contribution in [3.63, 3.8) is 0 Å². The van der Waals surface area contributed by atoms with Gasteiger partial charge in [0.15, 0.2) is 0 Å². The van der Waals surface area contributed by atoms with E-state index in [-0.39, 0.29) is 23.2 Å². The van der Waals surface area contributed by atoms with E-state index in [1.54, 1.807) is 0 Å². The van der Waals surface area contributed by atoms with Gasteiger partial charge in [0.1, 0.15) is 0 Å². The molecule has 39 valence electrons. The summed E-state index contributed by atoms with van der Waals surface area (Å²) < 4.78 is 0. The van der Waals surface area contributed by atoms with Gasteiger partial charge in [-0.2, -0.15) is 0 Å². The average molecular weight is 134 g/mol. The van der Waals surface area contributed by atoms with Crippen molar-refractivity contribution >= 4 is 0 Å². The fourth-order valence-electron chi connectivity index (χ4n) is 0. The van der Waals surface area contributed by atoms with Crippen LogP contribution in [0.2, 0.25) is 0 Å². The molecule has 1 radical (unpaired) electrons. The minimum atomic E-state index is -1.75. The molecule has 6 heteroatoms. The second-order valence-electron chi connectivity index (χ2n) is 0.224. The predicted octanol–water partition coefficient (Wildman–Crippen LogP) is -0.0796. The van der Waals surface area contributed by atoms with Gasteiger partial charge in [-0.05, 0) is 0 Å². The summed E-state index contributed by atoms with van der Waals surface area (Å²) in [4.78, 5) is 8.25. The van der Waals surface area contributed by atoms with E-state index in [2.05, 4.69) is 0 Å². The summed E-state index contributed by atoms with van der Waals surface area (Å²) in [6, 6.07) is 0. The van der Waals surface area contributed by atoms with Gasteiger partial charge < -0.3 is 21.5 Å². The first-order valence-electron chi connectivity index (χ1n) is 0.548. The van der Waals surface area contributed by atoms with Crippen molar-refractivity contribution in [3.8, 4) is 0 Å². The topological polar surface area (TPSA) is 101 Å². The van der Waals surface area contributed by atoms with E-state index in [9.17, 15) is 0 Å². The van der Waals surface area contributed by atoms with Gasteiger partial charge in [-0.3, -0.25) is 0 Å². The van der Waals surface area contributed by atoms with Crippen molar-refractivity contribution in [2.24, 2.45) is 0 Å². The molecule has 0 amide bonds. The Morgan fingerprint density at radius 2 is 1.33 bits per heavy atom. The maximum Gasteiger partial charge on any atom is 0.0689 e. The van der Waals surface area contributed by atoms with Crippen LogP contribution in [-0.4, -0.2) is 5.09 Å². The van der Waals surface area contributed by atoms with E-state index in [0.717, 1.165) is 0 Å². The summed E-state index contributed by atoms with van der Waals surface area (Å²) in [6.45, 7) is 0. The van der Waals surface area contributed by atoms with Crippen LogP contribution in [0.4, 0.5) is 0 Å². The molecule has 0 aromatic carbocycles. The van der Waals surface area contributed by atoms with Gasteiger partial charge >= 0.3 is 0 Å². The number of nitrogens with zero attached hydrogens (tertiary/aromatic N) is 1. The third kappa shape index (κ3) is 257. The van der Waals surface area contributed by atoms with Crippen LogP contribution in [0, 0.1) is 15.3 Å².